The predicted molar refractivity (Wildman–Crippen MR) is 126 cm³/mol. The molecule has 1 unspecified atom stereocenters. The highest BCUT2D eigenvalue weighted by Gasteiger charge is 2.29. The molecule has 31 heavy (non-hydrogen) atoms. The second-order valence-corrected chi connectivity index (χ2v) is 9.76. The second kappa shape index (κ2) is 9.49. The van der Waals surface area contributed by atoms with Crippen molar-refractivity contribution in [3.8, 4) is 0 Å². The lowest BCUT2D eigenvalue weighted by Crippen LogP contribution is -2.24. The Hall–Kier alpha value is -2.25. The molecule has 1 atom stereocenters. The third kappa shape index (κ3) is 4.83. The molecule has 6 nitrogen and oxygen atoms in total. The number of aromatic nitrogens is 3. The van der Waals surface area contributed by atoms with Gasteiger partial charge in [0.1, 0.15) is 0 Å². The van der Waals surface area contributed by atoms with Crippen molar-refractivity contribution in [3.63, 3.8) is 0 Å². The number of carbonyl (C=O) groups excluding carboxylic acids is 1. The lowest BCUT2D eigenvalue weighted by atomic mass is 10.1. The molecular formula is C24H33N5OS. The summed E-state index contributed by atoms with van der Waals surface area (Å²) in [6.45, 7) is 11.2. The Morgan fingerprint density at radius 2 is 2.13 bits per heavy atom. The van der Waals surface area contributed by atoms with Gasteiger partial charge in [0, 0.05) is 41.8 Å². The molecule has 1 amide bonds. The minimum absolute atomic E-state index is 0.104. The number of fused-ring (bicyclic) bond motifs is 1. The van der Waals surface area contributed by atoms with Gasteiger partial charge >= 0.3 is 0 Å². The minimum Gasteiger partial charge on any atom is -0.356 e. The highest BCUT2D eigenvalue weighted by Crippen LogP contribution is 2.34. The van der Waals surface area contributed by atoms with Crippen LogP contribution in [0.2, 0.25) is 0 Å². The van der Waals surface area contributed by atoms with E-state index in [1.165, 1.54) is 16.9 Å². The number of hydrogen-bond acceptors (Lipinski definition) is 5. The molecule has 0 aliphatic carbocycles. The molecule has 1 aliphatic heterocycles. The normalized spacial score (nSPS) is 17.0. The standard InChI is InChI=1S/C24H33N5OS/c1-5-10-25-24(30)9-8-20-17(3)26-23-13-21(27-29(23)18(20)4)22-7-6-11-28(22)14-19-12-16(2)31-15-19/h12-13,15,22H,5-11,14H2,1-4H3,(H,25,30). The average Bonchev–Trinajstić information content (AvgIpc) is 3.46. The van der Waals surface area contributed by atoms with E-state index in [4.69, 9.17) is 10.1 Å². The van der Waals surface area contributed by atoms with Gasteiger partial charge in [0.2, 0.25) is 5.91 Å². The van der Waals surface area contributed by atoms with Gasteiger partial charge in [0.05, 0.1) is 11.7 Å². The summed E-state index contributed by atoms with van der Waals surface area (Å²) < 4.78 is 1.98. The number of likely N-dealkylation sites (tertiary alicyclic amines) is 1. The minimum atomic E-state index is 0.104. The topological polar surface area (TPSA) is 62.5 Å². The first kappa shape index (κ1) is 22.0. The molecule has 4 heterocycles. The van der Waals surface area contributed by atoms with Crippen LogP contribution in [-0.4, -0.2) is 38.5 Å². The quantitative estimate of drug-likeness (QED) is 0.561. The van der Waals surface area contributed by atoms with Gasteiger partial charge in [0.25, 0.3) is 0 Å². The van der Waals surface area contributed by atoms with Crippen molar-refractivity contribution in [3.05, 3.63) is 50.6 Å². The second-order valence-electron chi connectivity index (χ2n) is 8.64. The summed E-state index contributed by atoms with van der Waals surface area (Å²) in [6.07, 6.45) is 4.47. The summed E-state index contributed by atoms with van der Waals surface area (Å²) in [5.74, 6) is 0.104. The summed E-state index contributed by atoms with van der Waals surface area (Å²) in [7, 11) is 0. The molecule has 1 aliphatic rings. The smallest absolute Gasteiger partial charge is 0.220 e. The first-order valence-electron chi connectivity index (χ1n) is 11.4. The van der Waals surface area contributed by atoms with Gasteiger partial charge in [-0.2, -0.15) is 5.10 Å². The largest absolute Gasteiger partial charge is 0.356 e. The fourth-order valence-electron chi connectivity index (χ4n) is 4.63. The Bertz CT molecular complexity index is 1070. The summed E-state index contributed by atoms with van der Waals surface area (Å²) in [6, 6.07) is 4.78. The molecule has 0 bridgehead atoms. The first-order valence-corrected chi connectivity index (χ1v) is 12.2. The number of nitrogens with one attached hydrogen (secondary N) is 1. The summed E-state index contributed by atoms with van der Waals surface area (Å²) in [5.41, 5.74) is 6.63. The van der Waals surface area contributed by atoms with Crippen LogP contribution in [0.25, 0.3) is 5.65 Å². The highest BCUT2D eigenvalue weighted by atomic mass is 32.1. The van der Waals surface area contributed by atoms with Crippen LogP contribution in [0.5, 0.6) is 0 Å². The Morgan fingerprint density at radius 3 is 2.87 bits per heavy atom. The maximum atomic E-state index is 12.1. The van der Waals surface area contributed by atoms with E-state index in [1.54, 1.807) is 0 Å². The number of hydrogen-bond donors (Lipinski definition) is 1. The maximum absolute atomic E-state index is 12.1. The Kier molecular flexibility index (Phi) is 6.72. The molecule has 1 N–H and O–H groups in total. The molecule has 3 aromatic rings. The van der Waals surface area contributed by atoms with E-state index >= 15 is 0 Å². The van der Waals surface area contributed by atoms with Gasteiger partial charge in [-0.3, -0.25) is 9.69 Å². The molecule has 1 fully saturated rings. The van der Waals surface area contributed by atoms with Gasteiger partial charge in [-0.1, -0.05) is 6.92 Å². The van der Waals surface area contributed by atoms with E-state index < -0.39 is 0 Å². The monoisotopic (exact) mass is 439 g/mol. The van der Waals surface area contributed by atoms with Crippen molar-refractivity contribution in [1.82, 2.24) is 24.8 Å². The number of nitrogens with zero attached hydrogens (tertiary/aromatic N) is 4. The van der Waals surface area contributed by atoms with Crippen LogP contribution < -0.4 is 5.32 Å². The zero-order chi connectivity index (χ0) is 22.0. The summed E-state index contributed by atoms with van der Waals surface area (Å²) in [5, 5.41) is 10.2. The van der Waals surface area contributed by atoms with Crippen LogP contribution in [0.15, 0.2) is 17.5 Å². The van der Waals surface area contributed by atoms with Crippen LogP contribution in [0, 0.1) is 20.8 Å². The van der Waals surface area contributed by atoms with E-state index in [1.807, 2.05) is 22.8 Å². The van der Waals surface area contributed by atoms with Gasteiger partial charge in [0.15, 0.2) is 5.65 Å². The Balaban J connectivity index is 1.54. The van der Waals surface area contributed by atoms with E-state index in [0.29, 0.717) is 18.9 Å². The van der Waals surface area contributed by atoms with E-state index in [9.17, 15) is 4.79 Å². The van der Waals surface area contributed by atoms with Crippen LogP contribution in [0.4, 0.5) is 0 Å². The van der Waals surface area contributed by atoms with Crippen molar-refractivity contribution in [2.75, 3.05) is 13.1 Å². The molecular weight excluding hydrogens is 406 g/mol. The molecule has 1 saturated heterocycles. The molecule has 4 rings (SSSR count). The zero-order valence-corrected chi connectivity index (χ0v) is 19.9. The third-order valence-corrected chi connectivity index (χ3v) is 7.14. The van der Waals surface area contributed by atoms with Gasteiger partial charge < -0.3 is 5.32 Å². The van der Waals surface area contributed by atoms with Crippen molar-refractivity contribution in [2.24, 2.45) is 0 Å². The molecule has 0 saturated carbocycles. The van der Waals surface area contributed by atoms with Crippen molar-refractivity contribution >= 4 is 22.9 Å². The Morgan fingerprint density at radius 1 is 1.29 bits per heavy atom. The van der Waals surface area contributed by atoms with Crippen molar-refractivity contribution in [2.45, 2.75) is 72.4 Å². The lowest BCUT2D eigenvalue weighted by molar-refractivity contribution is -0.121. The van der Waals surface area contributed by atoms with Crippen LogP contribution in [-0.2, 0) is 17.8 Å². The molecule has 0 spiro atoms. The van der Waals surface area contributed by atoms with E-state index in [0.717, 1.165) is 60.8 Å². The molecule has 0 aromatic carbocycles. The summed E-state index contributed by atoms with van der Waals surface area (Å²) >= 11 is 1.82. The van der Waals surface area contributed by atoms with Crippen LogP contribution in [0.3, 0.4) is 0 Å². The van der Waals surface area contributed by atoms with Gasteiger partial charge in [-0.05, 0) is 75.6 Å². The lowest BCUT2D eigenvalue weighted by Gasteiger charge is -2.22. The van der Waals surface area contributed by atoms with E-state index in [-0.39, 0.29) is 5.91 Å². The van der Waals surface area contributed by atoms with Gasteiger partial charge in [-0.25, -0.2) is 9.50 Å². The number of aryl methyl sites for hydroxylation is 3. The number of amides is 1. The number of thiophene rings is 1. The molecule has 166 valence electrons. The molecule has 7 heteroatoms. The fourth-order valence-corrected chi connectivity index (χ4v) is 5.33. The van der Waals surface area contributed by atoms with Gasteiger partial charge in [-0.15, -0.1) is 11.3 Å². The average molecular weight is 440 g/mol. The number of rotatable bonds is 8. The maximum Gasteiger partial charge on any atom is 0.220 e. The van der Waals surface area contributed by atoms with Crippen molar-refractivity contribution < 1.29 is 4.79 Å². The first-order chi connectivity index (χ1) is 15.0. The zero-order valence-electron chi connectivity index (χ0n) is 19.1. The van der Waals surface area contributed by atoms with E-state index in [2.05, 4.69) is 48.5 Å². The number of carbonyl (C=O) groups is 1. The molecule has 3 aromatic heterocycles. The van der Waals surface area contributed by atoms with Crippen LogP contribution >= 0.6 is 11.3 Å². The fraction of sp³-hybridized carbons (Fsp3) is 0.542. The SMILES string of the molecule is CCCNC(=O)CCc1c(C)nc2cc(C3CCCN3Cc3csc(C)c3)nn2c1C. The van der Waals surface area contributed by atoms with Crippen LogP contribution in [0.1, 0.15) is 71.7 Å². The third-order valence-electron chi connectivity index (χ3n) is 6.23. The molecule has 0 radical (unpaired) electrons. The predicted octanol–water partition coefficient (Wildman–Crippen LogP) is 4.51. The Labute approximate surface area is 188 Å². The highest BCUT2D eigenvalue weighted by molar-refractivity contribution is 7.10. The summed E-state index contributed by atoms with van der Waals surface area (Å²) in [4.78, 5) is 20.8. The van der Waals surface area contributed by atoms with Crippen molar-refractivity contribution in [1.29, 1.82) is 0 Å².